The first-order chi connectivity index (χ1) is 10.6. The lowest BCUT2D eigenvalue weighted by atomic mass is 10.0. The number of carbonyl (C=O) groups is 1. The molecule has 1 aromatic carbocycles. The lowest BCUT2D eigenvalue weighted by Gasteiger charge is -2.15. The van der Waals surface area contributed by atoms with Gasteiger partial charge >= 0.3 is 6.18 Å². The summed E-state index contributed by atoms with van der Waals surface area (Å²) >= 11 is 29.6. The van der Waals surface area contributed by atoms with Crippen molar-refractivity contribution in [2.45, 2.75) is 6.18 Å². The van der Waals surface area contributed by atoms with E-state index in [1.54, 1.807) is 0 Å². The van der Waals surface area contributed by atoms with Crippen molar-refractivity contribution in [1.82, 2.24) is 4.98 Å². The Balaban J connectivity index is 2.81. The van der Waals surface area contributed by atoms with Gasteiger partial charge in [0.1, 0.15) is 5.69 Å². The van der Waals surface area contributed by atoms with E-state index < -0.39 is 17.4 Å². The molecule has 2 rings (SSSR count). The predicted molar refractivity (Wildman–Crippen MR) is 85.1 cm³/mol. The molecule has 0 fully saturated rings. The highest BCUT2D eigenvalue weighted by Crippen LogP contribution is 2.48. The first-order valence-corrected chi connectivity index (χ1v) is 7.52. The summed E-state index contributed by atoms with van der Waals surface area (Å²) in [5, 5.41) is -0.809. The van der Waals surface area contributed by atoms with E-state index in [9.17, 15) is 18.0 Å². The first kappa shape index (κ1) is 18.6. The maximum atomic E-state index is 13.0. The molecule has 0 atom stereocenters. The van der Waals surface area contributed by atoms with Gasteiger partial charge in [-0.15, -0.1) is 0 Å². The second kappa shape index (κ2) is 6.65. The predicted octanol–water partition coefficient (Wildman–Crippen LogP) is 6.85. The second-order valence-electron chi connectivity index (χ2n) is 4.22. The molecular formula is C13H3Cl5F3NO. The van der Waals surface area contributed by atoms with Crippen molar-refractivity contribution < 1.29 is 18.0 Å². The minimum atomic E-state index is -4.79. The van der Waals surface area contributed by atoms with E-state index in [1.807, 2.05) is 0 Å². The maximum absolute atomic E-state index is 13.0. The van der Waals surface area contributed by atoms with E-state index in [1.165, 1.54) is 0 Å². The monoisotopic (exact) mass is 421 g/mol. The highest BCUT2D eigenvalue weighted by Gasteiger charge is 2.35. The van der Waals surface area contributed by atoms with Crippen LogP contribution in [0, 0.1) is 0 Å². The van der Waals surface area contributed by atoms with Gasteiger partial charge in [-0.3, -0.25) is 9.78 Å². The molecule has 10 heteroatoms. The molecule has 2 aromatic rings. The van der Waals surface area contributed by atoms with Gasteiger partial charge in [0.15, 0.2) is 6.29 Å². The van der Waals surface area contributed by atoms with E-state index in [4.69, 9.17) is 58.0 Å². The van der Waals surface area contributed by atoms with Gasteiger partial charge in [0.2, 0.25) is 0 Å². The number of hydrogen-bond acceptors (Lipinski definition) is 2. The smallest absolute Gasteiger partial charge is 0.296 e. The molecule has 0 amide bonds. The van der Waals surface area contributed by atoms with E-state index in [2.05, 4.69) is 4.98 Å². The number of benzene rings is 1. The van der Waals surface area contributed by atoms with Crippen molar-refractivity contribution in [1.29, 1.82) is 0 Å². The number of halogens is 8. The molecule has 0 aliphatic heterocycles. The molecule has 0 aliphatic carbocycles. The van der Waals surface area contributed by atoms with Crippen LogP contribution in [-0.4, -0.2) is 11.3 Å². The van der Waals surface area contributed by atoms with Gasteiger partial charge in [0, 0.05) is 17.3 Å². The average Bonchev–Trinajstić information content (AvgIpc) is 2.50. The van der Waals surface area contributed by atoms with Crippen LogP contribution in [0.15, 0.2) is 12.3 Å². The van der Waals surface area contributed by atoms with Gasteiger partial charge in [-0.25, -0.2) is 0 Å². The molecule has 1 heterocycles. The molecule has 1 aromatic heterocycles. The number of carbonyl (C=O) groups excluding carboxylic acids is 1. The van der Waals surface area contributed by atoms with Crippen LogP contribution in [0.2, 0.25) is 25.1 Å². The Labute approximate surface area is 153 Å². The number of nitrogens with zero attached hydrogens (tertiary/aromatic N) is 1. The topological polar surface area (TPSA) is 30.0 Å². The maximum Gasteiger partial charge on any atom is 0.418 e. The summed E-state index contributed by atoms with van der Waals surface area (Å²) < 4.78 is 39.1. The Kier molecular flexibility index (Phi) is 5.38. The molecule has 122 valence electrons. The van der Waals surface area contributed by atoms with E-state index in [-0.39, 0.29) is 42.5 Å². The Morgan fingerprint density at radius 2 is 1.39 bits per heavy atom. The summed E-state index contributed by atoms with van der Waals surface area (Å²) in [7, 11) is 0. The second-order valence-corrected chi connectivity index (χ2v) is 6.11. The Morgan fingerprint density at radius 3 is 1.83 bits per heavy atom. The summed E-state index contributed by atoms with van der Waals surface area (Å²) in [5.41, 5.74) is -2.18. The Bertz CT molecular complexity index is 778. The molecule has 0 saturated heterocycles. The van der Waals surface area contributed by atoms with Crippen LogP contribution < -0.4 is 0 Å². The van der Waals surface area contributed by atoms with E-state index in [0.29, 0.717) is 6.07 Å². The zero-order chi connectivity index (χ0) is 17.5. The van der Waals surface area contributed by atoms with Crippen molar-refractivity contribution in [2.75, 3.05) is 0 Å². The molecule has 0 bridgehead atoms. The molecular weight excluding hydrogens is 420 g/mol. The van der Waals surface area contributed by atoms with Crippen LogP contribution in [0.3, 0.4) is 0 Å². The van der Waals surface area contributed by atoms with E-state index in [0.717, 1.165) is 6.20 Å². The summed E-state index contributed by atoms with van der Waals surface area (Å²) in [4.78, 5) is 14.2. The molecule has 23 heavy (non-hydrogen) atoms. The normalized spacial score (nSPS) is 11.7. The quantitative estimate of drug-likeness (QED) is 0.300. The number of pyridine rings is 1. The fourth-order valence-corrected chi connectivity index (χ4v) is 3.15. The largest absolute Gasteiger partial charge is 0.418 e. The van der Waals surface area contributed by atoms with E-state index >= 15 is 0 Å². The number of alkyl halides is 3. The van der Waals surface area contributed by atoms with Crippen LogP contribution in [0.5, 0.6) is 0 Å². The van der Waals surface area contributed by atoms with Crippen LogP contribution in [-0.2, 0) is 6.18 Å². The number of aromatic nitrogens is 1. The lowest BCUT2D eigenvalue weighted by Crippen LogP contribution is -2.10. The molecule has 2 nitrogen and oxygen atoms in total. The Hall–Kier alpha value is -0.720. The van der Waals surface area contributed by atoms with Gasteiger partial charge in [-0.05, 0) is 6.07 Å². The molecule has 0 unspecified atom stereocenters. The molecule has 0 aliphatic rings. The fourth-order valence-electron chi connectivity index (χ4n) is 1.79. The molecule has 0 spiro atoms. The number of hydrogen-bond donors (Lipinski definition) is 0. The SMILES string of the molecule is O=Cc1ncc(-c2c(Cl)c(Cl)c(Cl)c(Cl)c2Cl)cc1C(F)(F)F. The standard InChI is InChI=1S/C13H3Cl5F3NO/c14-8-7(9(15)11(17)12(18)10(8)16)4-1-5(13(19,20)21)6(3-23)22-2-4/h1-3H. The van der Waals surface area contributed by atoms with Gasteiger partial charge in [0.05, 0.1) is 30.7 Å². The highest BCUT2D eigenvalue weighted by atomic mass is 35.5. The van der Waals surface area contributed by atoms with Crippen molar-refractivity contribution in [2.24, 2.45) is 0 Å². The van der Waals surface area contributed by atoms with Crippen molar-refractivity contribution in [3.8, 4) is 11.1 Å². The molecule has 0 saturated carbocycles. The van der Waals surface area contributed by atoms with Gasteiger partial charge in [-0.2, -0.15) is 13.2 Å². The van der Waals surface area contributed by atoms with Crippen LogP contribution >= 0.6 is 58.0 Å². The zero-order valence-corrected chi connectivity index (χ0v) is 14.4. The Morgan fingerprint density at radius 1 is 0.913 bits per heavy atom. The lowest BCUT2D eigenvalue weighted by molar-refractivity contribution is -0.138. The summed E-state index contributed by atoms with van der Waals surface area (Å²) in [5.74, 6) is 0. The highest BCUT2D eigenvalue weighted by molar-refractivity contribution is 6.56. The van der Waals surface area contributed by atoms with Gasteiger partial charge < -0.3 is 0 Å². The van der Waals surface area contributed by atoms with Gasteiger partial charge in [-0.1, -0.05) is 58.0 Å². The zero-order valence-electron chi connectivity index (χ0n) is 10.6. The minimum Gasteiger partial charge on any atom is -0.296 e. The number of rotatable bonds is 2. The summed E-state index contributed by atoms with van der Waals surface area (Å²) in [6, 6.07) is 0.685. The molecule has 0 radical (unpaired) electrons. The number of aldehydes is 1. The van der Waals surface area contributed by atoms with Crippen molar-refractivity contribution >= 4 is 64.3 Å². The average molecular weight is 423 g/mol. The van der Waals surface area contributed by atoms with Crippen LogP contribution in [0.25, 0.3) is 11.1 Å². The fraction of sp³-hybridized carbons (Fsp3) is 0.0769. The van der Waals surface area contributed by atoms with Crippen molar-refractivity contribution in [3.63, 3.8) is 0 Å². The minimum absolute atomic E-state index is 0.00235. The van der Waals surface area contributed by atoms with Crippen LogP contribution in [0.1, 0.15) is 16.1 Å². The van der Waals surface area contributed by atoms with Gasteiger partial charge in [0.25, 0.3) is 0 Å². The third kappa shape index (κ3) is 3.39. The molecule has 0 N–H and O–H groups in total. The van der Waals surface area contributed by atoms with Crippen molar-refractivity contribution in [3.05, 3.63) is 48.6 Å². The summed E-state index contributed by atoms with van der Waals surface area (Å²) in [6.45, 7) is 0. The van der Waals surface area contributed by atoms with Crippen LogP contribution in [0.4, 0.5) is 13.2 Å². The third-order valence-corrected chi connectivity index (χ3v) is 5.11. The first-order valence-electron chi connectivity index (χ1n) is 5.63. The third-order valence-electron chi connectivity index (χ3n) is 2.83. The summed E-state index contributed by atoms with van der Waals surface area (Å²) in [6.07, 6.45) is -3.79.